The molecule has 1 N–H and O–H groups in total. The predicted octanol–water partition coefficient (Wildman–Crippen LogP) is 3.32. The second-order valence-corrected chi connectivity index (χ2v) is 5.05. The number of carbonyl (C=O) groups is 1. The van der Waals surface area contributed by atoms with Crippen molar-refractivity contribution in [3.05, 3.63) is 54.4 Å². The van der Waals surface area contributed by atoms with Gasteiger partial charge in [-0.1, -0.05) is 0 Å². The second-order valence-electron chi connectivity index (χ2n) is 5.05. The maximum atomic E-state index is 11.7. The van der Waals surface area contributed by atoms with E-state index in [-0.39, 0.29) is 0 Å². The number of benzene rings is 1. The van der Waals surface area contributed by atoms with Gasteiger partial charge in [-0.05, 0) is 49.4 Å². The van der Waals surface area contributed by atoms with Crippen molar-refractivity contribution in [3.63, 3.8) is 0 Å². The van der Waals surface area contributed by atoms with Gasteiger partial charge >= 0.3 is 5.97 Å². The van der Waals surface area contributed by atoms with E-state index < -0.39 is 5.97 Å². The van der Waals surface area contributed by atoms with Crippen LogP contribution in [-0.4, -0.2) is 34.9 Å². The van der Waals surface area contributed by atoms with Crippen LogP contribution in [-0.2, 0) is 4.74 Å². The van der Waals surface area contributed by atoms with E-state index in [1.807, 2.05) is 36.4 Å². The summed E-state index contributed by atoms with van der Waals surface area (Å²) in [5.41, 5.74) is 3.64. The van der Waals surface area contributed by atoms with Crippen LogP contribution in [0.15, 0.2) is 48.7 Å². The Morgan fingerprint density at radius 3 is 2.58 bits per heavy atom. The van der Waals surface area contributed by atoms with E-state index in [1.165, 1.54) is 0 Å². The van der Waals surface area contributed by atoms with Gasteiger partial charge in [0, 0.05) is 17.3 Å². The monoisotopic (exact) mass is 323 g/mol. The summed E-state index contributed by atoms with van der Waals surface area (Å²) in [6, 6.07) is 13.1. The third-order valence-electron chi connectivity index (χ3n) is 3.51. The van der Waals surface area contributed by atoms with Crippen molar-refractivity contribution in [2.45, 2.75) is 6.92 Å². The molecule has 0 aliphatic carbocycles. The van der Waals surface area contributed by atoms with E-state index in [0.717, 1.165) is 22.6 Å². The molecule has 1 aromatic carbocycles. The van der Waals surface area contributed by atoms with Crippen LogP contribution in [0, 0.1) is 0 Å². The summed E-state index contributed by atoms with van der Waals surface area (Å²) in [6.07, 6.45) is 1.72. The molecule has 0 unspecified atom stereocenters. The fourth-order valence-corrected chi connectivity index (χ4v) is 2.29. The maximum Gasteiger partial charge on any atom is 0.356 e. The van der Waals surface area contributed by atoms with E-state index in [9.17, 15) is 4.79 Å². The number of H-pyrrole nitrogens is 1. The number of carbonyl (C=O) groups excluding carboxylic acids is 1. The summed E-state index contributed by atoms with van der Waals surface area (Å²) in [6.45, 7) is 2.09. The number of ether oxygens (including phenoxy) is 2. The average molecular weight is 323 g/mol. The van der Waals surface area contributed by atoms with Gasteiger partial charge in [-0.3, -0.25) is 10.1 Å². The fourth-order valence-electron chi connectivity index (χ4n) is 2.29. The summed E-state index contributed by atoms with van der Waals surface area (Å²) in [5.74, 6) is 0.377. The number of aromatic nitrogens is 3. The van der Waals surface area contributed by atoms with Crippen molar-refractivity contribution in [1.29, 1.82) is 0 Å². The van der Waals surface area contributed by atoms with Crippen molar-refractivity contribution in [2.24, 2.45) is 0 Å². The Morgan fingerprint density at radius 1 is 1.08 bits per heavy atom. The van der Waals surface area contributed by atoms with Crippen molar-refractivity contribution in [3.8, 4) is 28.3 Å². The summed E-state index contributed by atoms with van der Waals surface area (Å²) < 4.78 is 10.1. The van der Waals surface area contributed by atoms with Crippen molar-refractivity contribution < 1.29 is 14.3 Å². The second kappa shape index (κ2) is 6.95. The van der Waals surface area contributed by atoms with Gasteiger partial charge in [0.15, 0.2) is 0 Å². The Hall–Kier alpha value is -3.15. The normalized spacial score (nSPS) is 10.4. The highest BCUT2D eigenvalue weighted by molar-refractivity contribution is 5.88. The largest absolute Gasteiger partial charge is 0.497 e. The van der Waals surface area contributed by atoms with Crippen LogP contribution < -0.4 is 4.74 Å². The molecule has 0 saturated heterocycles. The lowest BCUT2D eigenvalue weighted by Crippen LogP contribution is -2.04. The smallest absolute Gasteiger partial charge is 0.356 e. The molecule has 24 heavy (non-hydrogen) atoms. The summed E-state index contributed by atoms with van der Waals surface area (Å²) in [7, 11) is 1.63. The first kappa shape index (κ1) is 15.7. The SMILES string of the molecule is CCOC(=O)c1cc(-c2ccnc(-c3ccc(OC)cc3)c2)n[nH]1. The molecule has 0 spiro atoms. The van der Waals surface area contributed by atoms with Crippen molar-refractivity contribution in [1.82, 2.24) is 15.2 Å². The van der Waals surface area contributed by atoms with Gasteiger partial charge in [0.2, 0.25) is 0 Å². The van der Waals surface area contributed by atoms with Gasteiger partial charge in [0.1, 0.15) is 11.4 Å². The van der Waals surface area contributed by atoms with E-state index >= 15 is 0 Å². The third kappa shape index (κ3) is 3.27. The standard InChI is InChI=1S/C18H17N3O3/c1-3-24-18(22)17-11-16(20-21-17)13-8-9-19-15(10-13)12-4-6-14(23-2)7-5-12/h4-11H,3H2,1-2H3,(H,20,21). The first-order valence-electron chi connectivity index (χ1n) is 7.54. The molecular formula is C18H17N3O3. The third-order valence-corrected chi connectivity index (χ3v) is 3.51. The topological polar surface area (TPSA) is 77.1 Å². The van der Waals surface area contributed by atoms with Gasteiger partial charge in [-0.2, -0.15) is 5.10 Å². The number of esters is 1. The highest BCUT2D eigenvalue weighted by atomic mass is 16.5. The molecule has 3 aromatic rings. The van der Waals surface area contributed by atoms with Crippen LogP contribution in [0.3, 0.4) is 0 Å². The van der Waals surface area contributed by atoms with Crippen molar-refractivity contribution in [2.75, 3.05) is 13.7 Å². The lowest BCUT2D eigenvalue weighted by Gasteiger charge is -2.04. The Labute approximate surface area is 139 Å². The Bertz CT molecular complexity index is 841. The molecular weight excluding hydrogens is 306 g/mol. The molecule has 6 nitrogen and oxygen atoms in total. The summed E-state index contributed by atoms with van der Waals surface area (Å²) in [5, 5.41) is 6.88. The zero-order chi connectivity index (χ0) is 16.9. The predicted molar refractivity (Wildman–Crippen MR) is 89.8 cm³/mol. The zero-order valence-electron chi connectivity index (χ0n) is 13.4. The number of nitrogens with zero attached hydrogens (tertiary/aromatic N) is 2. The molecule has 3 rings (SSSR count). The number of nitrogens with one attached hydrogen (secondary N) is 1. The Balaban J connectivity index is 1.88. The van der Waals surface area contributed by atoms with Gasteiger partial charge in [0.05, 0.1) is 25.1 Å². The highest BCUT2D eigenvalue weighted by Crippen LogP contribution is 2.25. The first-order chi connectivity index (χ1) is 11.7. The van der Waals surface area contributed by atoms with Crippen LogP contribution >= 0.6 is 0 Å². The van der Waals surface area contributed by atoms with Gasteiger partial charge in [0.25, 0.3) is 0 Å². The molecule has 0 fully saturated rings. The molecule has 122 valence electrons. The Morgan fingerprint density at radius 2 is 1.88 bits per heavy atom. The highest BCUT2D eigenvalue weighted by Gasteiger charge is 2.12. The molecule has 2 heterocycles. The molecule has 0 atom stereocenters. The van der Waals surface area contributed by atoms with Gasteiger partial charge in [-0.25, -0.2) is 4.79 Å². The molecule has 0 radical (unpaired) electrons. The number of pyridine rings is 1. The number of methoxy groups -OCH3 is 1. The quantitative estimate of drug-likeness (QED) is 0.729. The number of aromatic amines is 1. The lowest BCUT2D eigenvalue weighted by molar-refractivity contribution is 0.0519. The molecule has 0 saturated carbocycles. The molecule has 6 heteroatoms. The van der Waals surface area contributed by atoms with E-state index in [0.29, 0.717) is 18.0 Å². The molecule has 0 bridgehead atoms. The minimum atomic E-state index is -0.416. The lowest BCUT2D eigenvalue weighted by atomic mass is 10.1. The van der Waals surface area contributed by atoms with Gasteiger partial charge in [-0.15, -0.1) is 0 Å². The minimum absolute atomic E-state index is 0.323. The number of hydrogen-bond acceptors (Lipinski definition) is 5. The minimum Gasteiger partial charge on any atom is -0.497 e. The molecule has 0 aliphatic rings. The Kier molecular flexibility index (Phi) is 4.56. The summed E-state index contributed by atoms with van der Waals surface area (Å²) in [4.78, 5) is 16.1. The number of rotatable bonds is 5. The zero-order valence-corrected chi connectivity index (χ0v) is 13.4. The van der Waals surface area contributed by atoms with E-state index in [2.05, 4.69) is 15.2 Å². The first-order valence-corrected chi connectivity index (χ1v) is 7.54. The van der Waals surface area contributed by atoms with Crippen molar-refractivity contribution >= 4 is 5.97 Å². The van der Waals surface area contributed by atoms with Crippen LogP contribution in [0.2, 0.25) is 0 Å². The van der Waals surface area contributed by atoms with E-state index in [4.69, 9.17) is 9.47 Å². The summed E-state index contributed by atoms with van der Waals surface area (Å²) >= 11 is 0. The van der Waals surface area contributed by atoms with Crippen LogP contribution in [0.5, 0.6) is 5.75 Å². The fraction of sp³-hybridized carbons (Fsp3) is 0.167. The average Bonchev–Trinajstić information content (AvgIpc) is 3.12. The maximum absolute atomic E-state index is 11.7. The van der Waals surface area contributed by atoms with Gasteiger partial charge < -0.3 is 9.47 Å². The molecule has 0 amide bonds. The van der Waals surface area contributed by atoms with Crippen LogP contribution in [0.25, 0.3) is 22.5 Å². The van der Waals surface area contributed by atoms with Crippen LogP contribution in [0.1, 0.15) is 17.4 Å². The molecule has 2 aromatic heterocycles. The van der Waals surface area contributed by atoms with Crippen LogP contribution in [0.4, 0.5) is 0 Å². The number of hydrogen-bond donors (Lipinski definition) is 1. The van der Waals surface area contributed by atoms with E-state index in [1.54, 1.807) is 26.3 Å². The molecule has 0 aliphatic heterocycles.